The Hall–Kier alpha value is -4.66. The summed E-state index contributed by atoms with van der Waals surface area (Å²) in [6, 6.07) is 26.9. The second-order valence-electron chi connectivity index (χ2n) is 9.41. The Kier molecular flexibility index (Phi) is 7.65. The number of rotatable bonds is 7. The summed E-state index contributed by atoms with van der Waals surface area (Å²) >= 11 is 7.26. The van der Waals surface area contributed by atoms with Crippen LogP contribution in [0.1, 0.15) is 29.9 Å². The Bertz CT molecular complexity index is 1970. The second kappa shape index (κ2) is 11.7. The van der Waals surface area contributed by atoms with Crippen LogP contribution in [-0.2, 0) is 9.53 Å². The second-order valence-corrected chi connectivity index (χ2v) is 10.9. The SMILES string of the molecule is CCOC(=O)C1=C(c2ccccc2)N=c2s/c(=C\c3ccc(-c4ccc(Cl)cc4)o3)c(=O)n2C1c1ccc(OC)cc1. The van der Waals surface area contributed by atoms with E-state index in [1.807, 2.05) is 66.7 Å². The lowest BCUT2D eigenvalue weighted by atomic mass is 9.93. The molecule has 0 N–H and O–H groups in total. The van der Waals surface area contributed by atoms with Crippen LogP contribution in [0, 0.1) is 0 Å². The molecule has 0 spiro atoms. The summed E-state index contributed by atoms with van der Waals surface area (Å²) in [4.78, 5) is 32.9. The molecule has 210 valence electrons. The number of thiazole rings is 1. The number of esters is 1. The van der Waals surface area contributed by atoms with Gasteiger partial charge in [-0.15, -0.1) is 0 Å². The molecule has 0 aliphatic carbocycles. The third kappa shape index (κ3) is 5.22. The fourth-order valence-electron chi connectivity index (χ4n) is 4.87. The summed E-state index contributed by atoms with van der Waals surface area (Å²) in [6.07, 6.45) is 1.70. The molecule has 2 aromatic heterocycles. The van der Waals surface area contributed by atoms with E-state index in [0.717, 1.165) is 16.7 Å². The van der Waals surface area contributed by atoms with E-state index in [1.165, 1.54) is 11.3 Å². The minimum atomic E-state index is -0.773. The van der Waals surface area contributed by atoms with Crippen LogP contribution in [0.3, 0.4) is 0 Å². The Balaban J connectivity index is 1.55. The summed E-state index contributed by atoms with van der Waals surface area (Å²) in [7, 11) is 1.59. The van der Waals surface area contributed by atoms with Gasteiger partial charge in [-0.2, -0.15) is 0 Å². The van der Waals surface area contributed by atoms with Gasteiger partial charge in [-0.05, 0) is 61.0 Å². The summed E-state index contributed by atoms with van der Waals surface area (Å²) in [5.41, 5.74) is 2.79. The molecule has 0 radical (unpaired) electrons. The predicted molar refractivity (Wildman–Crippen MR) is 163 cm³/mol. The number of hydrogen-bond donors (Lipinski definition) is 0. The topological polar surface area (TPSA) is 83.0 Å². The largest absolute Gasteiger partial charge is 0.497 e. The van der Waals surface area contributed by atoms with Gasteiger partial charge in [-0.25, -0.2) is 9.79 Å². The number of aromatic nitrogens is 1. The monoisotopic (exact) mass is 596 g/mol. The normalized spacial score (nSPS) is 14.8. The van der Waals surface area contributed by atoms with E-state index < -0.39 is 12.0 Å². The summed E-state index contributed by atoms with van der Waals surface area (Å²) in [5.74, 6) is 1.29. The van der Waals surface area contributed by atoms with Crippen LogP contribution in [0.5, 0.6) is 5.75 Å². The van der Waals surface area contributed by atoms with Gasteiger partial charge in [-0.3, -0.25) is 9.36 Å². The maximum atomic E-state index is 14.0. The lowest BCUT2D eigenvalue weighted by Crippen LogP contribution is -2.40. The quantitative estimate of drug-likeness (QED) is 0.220. The van der Waals surface area contributed by atoms with Gasteiger partial charge in [0.25, 0.3) is 5.56 Å². The number of furan rings is 1. The van der Waals surface area contributed by atoms with Crippen LogP contribution in [-0.4, -0.2) is 24.3 Å². The fraction of sp³-hybridized carbons (Fsp3) is 0.121. The maximum absolute atomic E-state index is 14.0. The van der Waals surface area contributed by atoms with Crippen LogP contribution in [0.4, 0.5) is 0 Å². The molecule has 42 heavy (non-hydrogen) atoms. The van der Waals surface area contributed by atoms with Crippen molar-refractivity contribution in [3.8, 4) is 17.1 Å². The first-order valence-corrected chi connectivity index (χ1v) is 14.4. The first-order chi connectivity index (χ1) is 20.5. The molecule has 1 aliphatic heterocycles. The number of nitrogens with zero attached hydrogens (tertiary/aromatic N) is 2. The van der Waals surface area contributed by atoms with Crippen molar-refractivity contribution in [1.29, 1.82) is 0 Å². The molecule has 0 amide bonds. The number of hydrogen-bond acceptors (Lipinski definition) is 7. The van der Waals surface area contributed by atoms with E-state index in [0.29, 0.717) is 37.3 Å². The van der Waals surface area contributed by atoms with Crippen molar-refractivity contribution in [1.82, 2.24) is 4.57 Å². The van der Waals surface area contributed by atoms with E-state index in [1.54, 1.807) is 48.9 Å². The highest BCUT2D eigenvalue weighted by Gasteiger charge is 2.35. The Morgan fingerprint density at radius 1 is 1.00 bits per heavy atom. The maximum Gasteiger partial charge on any atom is 0.338 e. The Morgan fingerprint density at radius 3 is 2.43 bits per heavy atom. The van der Waals surface area contributed by atoms with Crippen LogP contribution >= 0.6 is 22.9 Å². The fourth-order valence-corrected chi connectivity index (χ4v) is 5.98. The zero-order valence-electron chi connectivity index (χ0n) is 22.7. The molecule has 0 saturated heterocycles. The molecule has 1 unspecified atom stereocenters. The zero-order chi connectivity index (χ0) is 29.2. The minimum absolute atomic E-state index is 0.179. The van der Waals surface area contributed by atoms with Crippen LogP contribution in [0.2, 0.25) is 5.02 Å². The van der Waals surface area contributed by atoms with Crippen molar-refractivity contribution in [2.45, 2.75) is 13.0 Å². The van der Waals surface area contributed by atoms with Gasteiger partial charge in [0.05, 0.1) is 35.6 Å². The number of benzene rings is 3. The van der Waals surface area contributed by atoms with E-state index in [4.69, 9.17) is 30.5 Å². The van der Waals surface area contributed by atoms with E-state index in [9.17, 15) is 9.59 Å². The molecular weight excluding hydrogens is 572 g/mol. The number of fused-ring (bicyclic) bond motifs is 1. The summed E-state index contributed by atoms with van der Waals surface area (Å²) in [5, 5.41) is 0.634. The minimum Gasteiger partial charge on any atom is -0.497 e. The van der Waals surface area contributed by atoms with Gasteiger partial charge in [0.2, 0.25) is 0 Å². The van der Waals surface area contributed by atoms with E-state index >= 15 is 0 Å². The highest BCUT2D eigenvalue weighted by atomic mass is 35.5. The molecule has 6 rings (SSSR count). The van der Waals surface area contributed by atoms with Crippen molar-refractivity contribution in [2.75, 3.05) is 13.7 Å². The molecule has 9 heteroatoms. The number of ether oxygens (including phenoxy) is 2. The molecule has 5 aromatic rings. The van der Waals surface area contributed by atoms with Crippen molar-refractivity contribution in [2.24, 2.45) is 4.99 Å². The first kappa shape index (κ1) is 27.5. The average molecular weight is 597 g/mol. The lowest BCUT2D eigenvalue weighted by Gasteiger charge is -2.26. The van der Waals surface area contributed by atoms with Gasteiger partial charge in [0.15, 0.2) is 4.80 Å². The van der Waals surface area contributed by atoms with Crippen molar-refractivity contribution in [3.05, 3.63) is 138 Å². The standard InChI is InChI=1S/C33H25ClN2O5S/c1-3-40-32(38)28-29(21-7-5-4-6-8-21)35-33-36(30(28)22-11-15-24(39-2)16-12-22)31(37)27(42-33)19-25-17-18-26(41-25)20-9-13-23(34)14-10-20/h4-19,30H,3H2,1-2H3/b27-19-. The third-order valence-electron chi connectivity index (χ3n) is 6.83. The van der Waals surface area contributed by atoms with Gasteiger partial charge >= 0.3 is 5.97 Å². The zero-order valence-corrected chi connectivity index (χ0v) is 24.3. The molecule has 0 saturated carbocycles. The van der Waals surface area contributed by atoms with Crippen molar-refractivity contribution < 1.29 is 18.7 Å². The highest BCUT2D eigenvalue weighted by Crippen LogP contribution is 2.35. The Labute approximate surface area is 250 Å². The average Bonchev–Trinajstić information content (AvgIpc) is 3.61. The van der Waals surface area contributed by atoms with Crippen molar-refractivity contribution >= 4 is 40.7 Å². The molecule has 0 fully saturated rings. The Morgan fingerprint density at radius 2 is 1.74 bits per heavy atom. The summed E-state index contributed by atoms with van der Waals surface area (Å²) in [6.45, 7) is 1.93. The van der Waals surface area contributed by atoms with Gasteiger partial charge in [-0.1, -0.05) is 65.4 Å². The molecule has 1 atom stereocenters. The van der Waals surface area contributed by atoms with Gasteiger partial charge < -0.3 is 13.9 Å². The van der Waals surface area contributed by atoms with Crippen molar-refractivity contribution in [3.63, 3.8) is 0 Å². The smallest absolute Gasteiger partial charge is 0.338 e. The molecule has 7 nitrogen and oxygen atoms in total. The number of methoxy groups -OCH3 is 1. The lowest BCUT2D eigenvalue weighted by molar-refractivity contribution is -0.138. The predicted octanol–water partition coefficient (Wildman–Crippen LogP) is 5.86. The van der Waals surface area contributed by atoms with Crippen LogP contribution < -0.4 is 19.6 Å². The molecule has 3 heterocycles. The summed E-state index contributed by atoms with van der Waals surface area (Å²) < 4.78 is 18.9. The van der Waals surface area contributed by atoms with Crippen LogP contribution in [0.25, 0.3) is 23.1 Å². The van der Waals surface area contributed by atoms with Gasteiger partial charge in [0, 0.05) is 22.2 Å². The molecule has 1 aliphatic rings. The van der Waals surface area contributed by atoms with Crippen LogP contribution in [0.15, 0.2) is 111 Å². The van der Waals surface area contributed by atoms with Gasteiger partial charge in [0.1, 0.15) is 17.3 Å². The number of carbonyl (C=O) groups excluding carboxylic acids is 1. The molecule has 0 bridgehead atoms. The number of carbonyl (C=O) groups is 1. The number of halogens is 1. The third-order valence-corrected chi connectivity index (χ3v) is 8.07. The first-order valence-electron chi connectivity index (χ1n) is 13.2. The van der Waals surface area contributed by atoms with E-state index in [2.05, 4.69) is 0 Å². The highest BCUT2D eigenvalue weighted by molar-refractivity contribution is 7.07. The molecular formula is C33H25ClN2O5S. The molecule has 3 aromatic carbocycles. The van der Waals surface area contributed by atoms with E-state index in [-0.39, 0.29) is 17.7 Å².